The van der Waals surface area contributed by atoms with E-state index in [4.69, 9.17) is 28.8 Å². The fourth-order valence-electron chi connectivity index (χ4n) is 4.84. The lowest BCUT2D eigenvalue weighted by Gasteiger charge is -2.37. The van der Waals surface area contributed by atoms with Gasteiger partial charge in [0.15, 0.2) is 6.23 Å². The smallest absolute Gasteiger partial charge is 0.497 e. The Kier molecular flexibility index (Phi) is 8.53. The summed E-state index contributed by atoms with van der Waals surface area (Å²) in [4.78, 5) is 13.1. The molecule has 1 atom stereocenters. The number of likely N-dealkylation sites (tertiary alicyclic amines) is 1. The monoisotopic (exact) mass is 507 g/mol. The average Bonchev–Trinajstić information content (AvgIpc) is 3.37. The Bertz CT molecular complexity index is 1030. The minimum Gasteiger partial charge on any atom is -0.497 e. The minimum atomic E-state index is -1.26. The molecule has 1 heterocycles. The van der Waals surface area contributed by atoms with Crippen LogP contribution in [0.2, 0.25) is 0 Å². The molecule has 37 heavy (non-hydrogen) atoms. The van der Waals surface area contributed by atoms with Crippen LogP contribution in [0.15, 0.2) is 72.8 Å². The lowest BCUT2D eigenvalue weighted by Crippen LogP contribution is -2.39. The summed E-state index contributed by atoms with van der Waals surface area (Å²) < 4.78 is 28.1. The van der Waals surface area contributed by atoms with Crippen LogP contribution in [0.1, 0.15) is 29.5 Å². The highest BCUT2D eigenvalue weighted by Gasteiger charge is 2.38. The van der Waals surface area contributed by atoms with Gasteiger partial charge in [-0.05, 0) is 65.9 Å². The Morgan fingerprint density at radius 3 is 1.62 bits per heavy atom. The summed E-state index contributed by atoms with van der Waals surface area (Å²) in [7, 11) is 4.91. The molecule has 8 nitrogen and oxygen atoms in total. The topological polar surface area (TPSA) is 86.7 Å². The number of carbonyl (C=O) groups is 1. The van der Waals surface area contributed by atoms with Crippen molar-refractivity contribution >= 4 is 6.16 Å². The molecule has 196 valence electrons. The average molecular weight is 508 g/mol. The molecule has 0 aliphatic carbocycles. The van der Waals surface area contributed by atoms with Crippen LogP contribution in [-0.2, 0) is 15.1 Å². The summed E-state index contributed by atoms with van der Waals surface area (Å²) in [6.07, 6.45) is -0.175. The largest absolute Gasteiger partial charge is 0.507 e. The Balaban J connectivity index is 1.75. The molecule has 0 saturated carbocycles. The Labute approximate surface area is 217 Å². The summed E-state index contributed by atoms with van der Waals surface area (Å²) in [6, 6.07) is 23.5. The molecular formula is C29H33NO7. The van der Waals surface area contributed by atoms with Gasteiger partial charge in [0.2, 0.25) is 0 Å². The van der Waals surface area contributed by atoms with Crippen molar-refractivity contribution < 1.29 is 33.6 Å². The van der Waals surface area contributed by atoms with Gasteiger partial charge in [0.25, 0.3) is 0 Å². The van der Waals surface area contributed by atoms with E-state index in [2.05, 4.69) is 0 Å². The second kappa shape index (κ2) is 12.0. The van der Waals surface area contributed by atoms with E-state index in [-0.39, 0.29) is 0 Å². The summed E-state index contributed by atoms with van der Waals surface area (Å²) in [6.45, 7) is 1.60. The van der Waals surface area contributed by atoms with Crippen molar-refractivity contribution in [2.45, 2.75) is 24.7 Å². The van der Waals surface area contributed by atoms with Crippen molar-refractivity contribution in [1.82, 2.24) is 4.90 Å². The van der Waals surface area contributed by atoms with Crippen molar-refractivity contribution in [2.24, 2.45) is 0 Å². The molecule has 1 aliphatic heterocycles. The molecule has 0 radical (unpaired) electrons. The van der Waals surface area contributed by atoms with Crippen molar-refractivity contribution in [3.8, 4) is 17.2 Å². The molecule has 1 saturated heterocycles. The van der Waals surface area contributed by atoms with Gasteiger partial charge in [0.1, 0.15) is 22.8 Å². The Hall–Kier alpha value is -3.75. The van der Waals surface area contributed by atoms with Crippen LogP contribution in [0.5, 0.6) is 17.2 Å². The molecule has 0 unspecified atom stereocenters. The first-order valence-corrected chi connectivity index (χ1v) is 12.2. The van der Waals surface area contributed by atoms with E-state index in [9.17, 15) is 4.79 Å². The third-order valence-electron chi connectivity index (χ3n) is 6.73. The summed E-state index contributed by atoms with van der Waals surface area (Å²) in [5, 5.41) is 9.11. The van der Waals surface area contributed by atoms with Gasteiger partial charge < -0.3 is 28.8 Å². The van der Waals surface area contributed by atoms with Crippen LogP contribution < -0.4 is 14.2 Å². The highest BCUT2D eigenvalue weighted by Crippen LogP contribution is 2.42. The van der Waals surface area contributed by atoms with Gasteiger partial charge in [-0.2, -0.15) is 0 Å². The van der Waals surface area contributed by atoms with Gasteiger partial charge in [-0.15, -0.1) is 0 Å². The zero-order valence-corrected chi connectivity index (χ0v) is 21.4. The maximum atomic E-state index is 11.1. The lowest BCUT2D eigenvalue weighted by molar-refractivity contribution is -0.0427. The van der Waals surface area contributed by atoms with Gasteiger partial charge in [-0.3, -0.25) is 4.90 Å². The second-order valence-corrected chi connectivity index (χ2v) is 8.73. The van der Waals surface area contributed by atoms with Gasteiger partial charge in [-0.25, -0.2) is 4.79 Å². The molecule has 1 fully saturated rings. The minimum absolute atomic E-state index is 0.337. The first kappa shape index (κ1) is 26.3. The highest BCUT2D eigenvalue weighted by atomic mass is 16.7. The zero-order chi connectivity index (χ0) is 26.3. The van der Waals surface area contributed by atoms with Crippen LogP contribution in [0, 0.1) is 0 Å². The first-order chi connectivity index (χ1) is 18.0. The van der Waals surface area contributed by atoms with Crippen LogP contribution in [0.3, 0.4) is 0 Å². The van der Waals surface area contributed by atoms with E-state index < -0.39 is 18.0 Å². The fraction of sp³-hybridized carbons (Fsp3) is 0.345. The number of nitrogens with zero attached hydrogens (tertiary/aromatic N) is 1. The maximum absolute atomic E-state index is 11.1. The van der Waals surface area contributed by atoms with Gasteiger partial charge in [0, 0.05) is 13.1 Å². The van der Waals surface area contributed by atoms with Crippen molar-refractivity contribution in [3.63, 3.8) is 0 Å². The molecule has 3 aromatic carbocycles. The molecule has 0 bridgehead atoms. The lowest BCUT2D eigenvalue weighted by atomic mass is 9.80. The van der Waals surface area contributed by atoms with Gasteiger partial charge >= 0.3 is 6.16 Å². The van der Waals surface area contributed by atoms with Crippen molar-refractivity contribution in [1.29, 1.82) is 0 Å². The number of ether oxygens (including phenoxy) is 5. The predicted octanol–water partition coefficient (Wildman–Crippen LogP) is 5.14. The molecule has 3 aromatic rings. The molecular weight excluding hydrogens is 474 g/mol. The summed E-state index contributed by atoms with van der Waals surface area (Å²) >= 11 is 0. The van der Waals surface area contributed by atoms with Gasteiger partial charge in [-0.1, -0.05) is 36.4 Å². The number of carboxylic acid groups (broad SMARTS) is 1. The van der Waals surface area contributed by atoms with E-state index >= 15 is 0 Å². The number of benzene rings is 3. The van der Waals surface area contributed by atoms with Crippen LogP contribution in [0.25, 0.3) is 0 Å². The highest BCUT2D eigenvalue weighted by molar-refractivity contribution is 5.57. The maximum Gasteiger partial charge on any atom is 0.507 e. The van der Waals surface area contributed by atoms with Crippen molar-refractivity contribution in [2.75, 3.05) is 41.0 Å². The van der Waals surface area contributed by atoms with Crippen LogP contribution >= 0.6 is 0 Å². The number of hydrogen-bond acceptors (Lipinski definition) is 7. The third-order valence-corrected chi connectivity index (χ3v) is 6.73. The first-order valence-electron chi connectivity index (χ1n) is 12.2. The summed E-state index contributed by atoms with van der Waals surface area (Å²) in [5.74, 6) is 2.23. The molecule has 0 aromatic heterocycles. The van der Waals surface area contributed by atoms with E-state index in [1.807, 2.05) is 77.7 Å². The van der Waals surface area contributed by atoms with Crippen LogP contribution in [0.4, 0.5) is 4.79 Å². The molecule has 1 N–H and O–H groups in total. The van der Waals surface area contributed by atoms with E-state index in [0.717, 1.165) is 46.9 Å². The summed E-state index contributed by atoms with van der Waals surface area (Å²) in [5.41, 5.74) is 1.79. The Morgan fingerprint density at radius 1 is 0.811 bits per heavy atom. The quantitative estimate of drug-likeness (QED) is 0.282. The van der Waals surface area contributed by atoms with E-state index in [0.29, 0.717) is 19.6 Å². The molecule has 0 amide bonds. The predicted molar refractivity (Wildman–Crippen MR) is 139 cm³/mol. The van der Waals surface area contributed by atoms with Crippen molar-refractivity contribution in [3.05, 3.63) is 89.5 Å². The molecule has 8 heteroatoms. The molecule has 0 spiro atoms. The normalized spacial score (nSPS) is 15.8. The second-order valence-electron chi connectivity index (χ2n) is 8.73. The van der Waals surface area contributed by atoms with E-state index in [1.54, 1.807) is 21.3 Å². The van der Waals surface area contributed by atoms with E-state index in [1.165, 1.54) is 0 Å². The Morgan fingerprint density at radius 2 is 1.24 bits per heavy atom. The van der Waals surface area contributed by atoms with Crippen LogP contribution in [-0.4, -0.2) is 63.4 Å². The zero-order valence-electron chi connectivity index (χ0n) is 21.4. The molecule has 1 aliphatic rings. The third kappa shape index (κ3) is 5.81. The number of methoxy groups -OCH3 is 3. The standard InChI is InChI=1S/C29H33NO7/c1-33-24-12-6-21(7-13-24)29(22-8-14-25(34-2)15-9-22,23-10-16-26(35-3)17-11-23)36-20-19-30-18-4-5-27(30)37-28(31)32/h6-17,27H,4-5,18-20H2,1-3H3,(H,31,32)/t27-/m1/s1. The number of rotatable bonds is 11. The molecule has 4 rings (SSSR count). The van der Waals surface area contributed by atoms with Gasteiger partial charge in [0.05, 0.1) is 27.9 Å². The fourth-order valence-corrected chi connectivity index (χ4v) is 4.84. The SMILES string of the molecule is COc1ccc(C(OCCN2CCC[C@H]2OC(=O)O)(c2ccc(OC)cc2)c2ccc(OC)cc2)cc1. The number of hydrogen-bond donors (Lipinski definition) is 1.